The van der Waals surface area contributed by atoms with Crippen molar-refractivity contribution in [2.75, 3.05) is 6.54 Å². The predicted octanol–water partition coefficient (Wildman–Crippen LogP) is 4.40. The van der Waals surface area contributed by atoms with Gasteiger partial charge in [-0.15, -0.1) is 0 Å². The molecule has 10 nitrogen and oxygen atoms in total. The molecule has 10 heteroatoms. The lowest BCUT2D eigenvalue weighted by molar-refractivity contribution is -0.122. The van der Waals surface area contributed by atoms with Gasteiger partial charge in [-0.2, -0.15) is 0 Å². The minimum Gasteiger partial charge on any atom is -0.393 e. The van der Waals surface area contributed by atoms with Crippen LogP contribution in [0.1, 0.15) is 62.2 Å². The Bertz CT molecular complexity index is 2100. The van der Waals surface area contributed by atoms with Crippen molar-refractivity contribution >= 4 is 56.6 Å². The van der Waals surface area contributed by atoms with Crippen LogP contribution in [0.2, 0.25) is 0 Å². The fraction of sp³-hybridized carbons (Fsp3) is 0.200. The molecular weight excluding hydrogens is 572 g/mol. The van der Waals surface area contributed by atoms with Gasteiger partial charge >= 0.3 is 0 Å². The highest BCUT2D eigenvalue weighted by Gasteiger charge is 2.42. The molecule has 0 spiro atoms. The summed E-state index contributed by atoms with van der Waals surface area (Å²) >= 11 is 0. The summed E-state index contributed by atoms with van der Waals surface area (Å²) in [7, 11) is 0. The Morgan fingerprint density at radius 1 is 0.756 bits per heavy atom. The summed E-state index contributed by atoms with van der Waals surface area (Å²) in [5.41, 5.74) is 5.21. The van der Waals surface area contributed by atoms with Gasteiger partial charge in [0.25, 0.3) is 23.6 Å². The number of aliphatic hydroxyl groups is 1. The second-order valence-corrected chi connectivity index (χ2v) is 11.8. The van der Waals surface area contributed by atoms with Gasteiger partial charge in [0.2, 0.25) is 0 Å². The predicted molar refractivity (Wildman–Crippen MR) is 166 cm³/mol. The van der Waals surface area contributed by atoms with E-state index in [9.17, 15) is 24.3 Å². The molecule has 5 heterocycles. The van der Waals surface area contributed by atoms with Gasteiger partial charge in [-0.3, -0.25) is 29.4 Å². The van der Waals surface area contributed by atoms with E-state index in [1.54, 1.807) is 24.3 Å². The monoisotopic (exact) mass is 600 g/mol. The van der Waals surface area contributed by atoms with Gasteiger partial charge < -0.3 is 19.8 Å². The van der Waals surface area contributed by atoms with Crippen molar-refractivity contribution in [1.29, 1.82) is 0 Å². The van der Waals surface area contributed by atoms with Crippen LogP contribution in [0.3, 0.4) is 0 Å². The Balaban J connectivity index is 1.24. The lowest BCUT2D eigenvalue weighted by Gasteiger charge is -2.35. The molecule has 0 radical (unpaired) electrons. The van der Waals surface area contributed by atoms with Gasteiger partial charge in [-0.1, -0.05) is 48.5 Å². The number of hydrogen-bond donors (Lipinski definition) is 4. The molecule has 2 aromatic heterocycles. The molecule has 45 heavy (non-hydrogen) atoms. The number of aliphatic hydroxyl groups excluding tert-OH is 1. The van der Waals surface area contributed by atoms with E-state index >= 15 is 0 Å². The van der Waals surface area contributed by atoms with Crippen molar-refractivity contribution in [3.63, 3.8) is 0 Å². The molecule has 3 aliphatic heterocycles. The van der Waals surface area contributed by atoms with Gasteiger partial charge in [0.15, 0.2) is 0 Å². The number of amides is 4. The van der Waals surface area contributed by atoms with Crippen LogP contribution in [0.25, 0.3) is 33.0 Å². The van der Waals surface area contributed by atoms with Crippen molar-refractivity contribution in [2.24, 2.45) is 0 Å². The molecule has 3 aliphatic rings. The van der Waals surface area contributed by atoms with Crippen LogP contribution in [0.15, 0.2) is 72.8 Å². The average molecular weight is 601 g/mol. The fourth-order valence-corrected chi connectivity index (χ4v) is 7.11. The van der Waals surface area contributed by atoms with Gasteiger partial charge in [0.1, 0.15) is 6.10 Å². The minimum absolute atomic E-state index is 0.0308. The number of H-pyrrole nitrogens is 2. The highest BCUT2D eigenvalue weighted by molar-refractivity contribution is 6.51. The number of nitrogens with one attached hydrogen (secondary N) is 3. The molecule has 8 rings (SSSR count). The molecule has 5 aromatic rings. The van der Waals surface area contributed by atoms with E-state index in [1.165, 1.54) is 4.90 Å². The van der Waals surface area contributed by atoms with Gasteiger partial charge in [-0.05, 0) is 31.2 Å². The van der Waals surface area contributed by atoms with E-state index in [4.69, 9.17) is 4.74 Å². The van der Waals surface area contributed by atoms with E-state index in [1.807, 2.05) is 55.5 Å². The second kappa shape index (κ2) is 10.1. The van der Waals surface area contributed by atoms with Crippen LogP contribution in [0, 0.1) is 6.92 Å². The number of ether oxygens (including phenoxy) is 1. The Morgan fingerprint density at radius 2 is 1.31 bits per heavy atom. The molecule has 224 valence electrons. The maximum Gasteiger partial charge on any atom is 0.261 e. The summed E-state index contributed by atoms with van der Waals surface area (Å²) < 4.78 is 6.53. The lowest BCUT2D eigenvalue weighted by atomic mass is 9.89. The number of aromatic nitrogens is 2. The van der Waals surface area contributed by atoms with Crippen molar-refractivity contribution in [3.05, 3.63) is 106 Å². The summed E-state index contributed by atoms with van der Waals surface area (Å²) in [6.07, 6.45) is -1.75. The Kier molecular flexibility index (Phi) is 6.12. The molecule has 0 unspecified atom stereocenters. The number of hydrogen-bond acceptors (Lipinski definition) is 6. The summed E-state index contributed by atoms with van der Waals surface area (Å²) in [5.74, 6) is -1.81. The Hall–Kier alpha value is -5.32. The first kappa shape index (κ1) is 27.2. The molecule has 0 aliphatic carbocycles. The number of para-hydroxylation sites is 2. The quantitative estimate of drug-likeness (QED) is 0.220. The molecule has 3 atom stereocenters. The average Bonchev–Trinajstić information content (AvgIpc) is 3.72. The number of carbonyl (C=O) groups excluding carboxylic acids is 4. The third kappa shape index (κ3) is 4.17. The van der Waals surface area contributed by atoms with E-state index in [-0.39, 0.29) is 30.5 Å². The summed E-state index contributed by atoms with van der Waals surface area (Å²) in [6.45, 7) is 1.84. The third-order valence-electron chi connectivity index (χ3n) is 9.02. The highest BCUT2D eigenvalue weighted by Crippen LogP contribution is 2.44. The smallest absolute Gasteiger partial charge is 0.261 e. The number of aromatic amines is 2. The first-order valence-corrected chi connectivity index (χ1v) is 14.9. The van der Waals surface area contributed by atoms with Crippen LogP contribution >= 0.6 is 0 Å². The van der Waals surface area contributed by atoms with Crippen molar-refractivity contribution in [2.45, 2.75) is 38.1 Å². The number of nitrogens with zero attached hydrogens (tertiary/aromatic N) is 1. The Labute approximate surface area is 256 Å². The van der Waals surface area contributed by atoms with Crippen LogP contribution in [0.5, 0.6) is 0 Å². The van der Waals surface area contributed by atoms with Gasteiger partial charge in [0.05, 0.1) is 46.7 Å². The first-order valence-electron chi connectivity index (χ1n) is 14.9. The maximum absolute atomic E-state index is 13.7. The molecule has 1 fully saturated rings. The number of carbonyl (C=O) groups is 4. The number of aryl methyl sites for hydroxylation is 1. The third-order valence-corrected chi connectivity index (χ3v) is 9.02. The number of imide groups is 2. The molecule has 0 bridgehead atoms. The molecule has 0 saturated carbocycles. The number of benzene rings is 3. The van der Waals surface area contributed by atoms with Crippen LogP contribution in [-0.2, 0) is 14.3 Å². The number of fused-ring (bicyclic) bond motifs is 3. The van der Waals surface area contributed by atoms with Crippen molar-refractivity contribution < 1.29 is 29.0 Å². The molecule has 4 N–H and O–H groups in total. The normalized spacial score (nSPS) is 21.8. The highest BCUT2D eigenvalue weighted by atomic mass is 16.5. The standard InChI is InChI=1S/C35H28N4O6/c1-17-27(22-10-4-6-12-24(22)36-17)29-30(33(42)38-32(29)41)28-23-11-5-7-13-25(23)37-31(28)26-15-18(40)14-19(45-26)16-39-34(43)20-8-2-3-9-21(20)35(39)44/h2-13,18-19,26,36-37,40H,14-16H2,1H3,(H,38,41,42)/t18-,19+,26-/m1/s1. The van der Waals surface area contributed by atoms with Crippen LogP contribution in [-0.4, -0.2) is 62.4 Å². The van der Waals surface area contributed by atoms with E-state index in [2.05, 4.69) is 15.3 Å². The zero-order valence-electron chi connectivity index (χ0n) is 24.2. The minimum atomic E-state index is -0.799. The zero-order chi connectivity index (χ0) is 31.0. The fourth-order valence-electron chi connectivity index (χ4n) is 7.11. The van der Waals surface area contributed by atoms with E-state index < -0.39 is 41.9 Å². The van der Waals surface area contributed by atoms with E-state index in [0.29, 0.717) is 27.9 Å². The SMILES string of the molecule is Cc1[nH]c2ccccc2c1C1=C(c2c([C@H]3C[C@H](O)C[C@@H](CN4C(=O)c5ccccc5C4=O)O3)[nH]c3ccccc23)C(=O)NC1=O. The topological polar surface area (TPSA) is 145 Å². The summed E-state index contributed by atoms with van der Waals surface area (Å²) in [4.78, 5) is 61.3. The van der Waals surface area contributed by atoms with Gasteiger partial charge in [-0.25, -0.2) is 0 Å². The maximum atomic E-state index is 13.7. The summed E-state index contributed by atoms with van der Waals surface area (Å²) in [6, 6.07) is 21.8. The largest absolute Gasteiger partial charge is 0.393 e. The zero-order valence-corrected chi connectivity index (χ0v) is 24.2. The van der Waals surface area contributed by atoms with Crippen LogP contribution < -0.4 is 5.32 Å². The molecule has 4 amide bonds. The van der Waals surface area contributed by atoms with Crippen molar-refractivity contribution in [1.82, 2.24) is 20.2 Å². The van der Waals surface area contributed by atoms with Crippen LogP contribution in [0.4, 0.5) is 0 Å². The van der Waals surface area contributed by atoms with Crippen molar-refractivity contribution in [3.8, 4) is 0 Å². The lowest BCUT2D eigenvalue weighted by Crippen LogP contribution is -2.42. The van der Waals surface area contributed by atoms with E-state index in [0.717, 1.165) is 27.5 Å². The molecule has 1 saturated heterocycles. The number of rotatable bonds is 5. The second-order valence-electron chi connectivity index (χ2n) is 11.8. The van der Waals surface area contributed by atoms with Gasteiger partial charge in [0, 0.05) is 51.5 Å². The molecular formula is C35H28N4O6. The Morgan fingerprint density at radius 3 is 1.98 bits per heavy atom. The molecule has 3 aromatic carbocycles. The summed E-state index contributed by atoms with van der Waals surface area (Å²) in [5, 5.41) is 15.1. The first-order chi connectivity index (χ1) is 21.8.